The van der Waals surface area contributed by atoms with Gasteiger partial charge in [-0.25, -0.2) is 4.79 Å². The first-order chi connectivity index (χ1) is 8.23. The molecule has 0 aliphatic heterocycles. The van der Waals surface area contributed by atoms with E-state index >= 15 is 0 Å². The average molecular weight is 253 g/mol. The minimum absolute atomic E-state index is 0.156. The van der Waals surface area contributed by atoms with Gasteiger partial charge in [-0.15, -0.1) is 0 Å². The molecule has 0 radical (unpaired) electrons. The van der Waals surface area contributed by atoms with E-state index in [9.17, 15) is 9.59 Å². The van der Waals surface area contributed by atoms with Crippen molar-refractivity contribution in [2.45, 2.75) is 40.2 Å². The fourth-order valence-corrected chi connectivity index (χ4v) is 1.35. The third-order valence-corrected chi connectivity index (χ3v) is 2.24. The topological polar surface area (TPSA) is 55.4 Å². The van der Waals surface area contributed by atoms with Crippen LogP contribution in [0.5, 0.6) is 0 Å². The summed E-state index contributed by atoms with van der Waals surface area (Å²) in [5, 5.41) is 2.80. The van der Waals surface area contributed by atoms with Crippen molar-refractivity contribution < 1.29 is 14.3 Å². The molecule has 0 heterocycles. The number of carbonyl (C=O) groups excluding carboxylic acids is 2. The molecule has 0 bridgehead atoms. The Balaban J connectivity index is 4.40. The molecule has 0 rings (SSSR count). The smallest absolute Gasteiger partial charge is 0.333 e. The van der Waals surface area contributed by atoms with Gasteiger partial charge >= 0.3 is 5.97 Å². The summed E-state index contributed by atoms with van der Waals surface area (Å²) in [5.74, 6) is -0.260. The molecule has 4 nitrogen and oxygen atoms in total. The molecular formula is C14H23NO3. The maximum Gasteiger partial charge on any atom is 0.333 e. The van der Waals surface area contributed by atoms with Gasteiger partial charge in [0.25, 0.3) is 0 Å². The molecule has 0 saturated heterocycles. The first kappa shape index (κ1) is 16.4. The van der Waals surface area contributed by atoms with Gasteiger partial charge in [-0.05, 0) is 26.2 Å². The molecule has 4 heteroatoms. The molecule has 0 aliphatic carbocycles. The molecule has 1 amide bonds. The van der Waals surface area contributed by atoms with Gasteiger partial charge < -0.3 is 10.1 Å². The predicted molar refractivity (Wildman–Crippen MR) is 72.0 cm³/mol. The first-order valence-electron chi connectivity index (χ1n) is 6.03. The van der Waals surface area contributed by atoms with E-state index in [0.717, 1.165) is 6.42 Å². The molecular weight excluding hydrogens is 230 g/mol. The third kappa shape index (κ3) is 6.89. The van der Waals surface area contributed by atoms with Gasteiger partial charge in [0, 0.05) is 11.1 Å². The highest BCUT2D eigenvalue weighted by Gasteiger charge is 2.16. The zero-order valence-electron chi connectivity index (χ0n) is 11.7. The Morgan fingerprint density at radius 1 is 1.17 bits per heavy atom. The van der Waals surface area contributed by atoms with E-state index in [1.54, 1.807) is 13.8 Å². The van der Waals surface area contributed by atoms with Gasteiger partial charge in [0.2, 0.25) is 5.91 Å². The van der Waals surface area contributed by atoms with Crippen molar-refractivity contribution in [3.8, 4) is 0 Å². The van der Waals surface area contributed by atoms with Crippen LogP contribution in [0.3, 0.4) is 0 Å². The minimum atomic E-state index is -0.437. The summed E-state index contributed by atoms with van der Waals surface area (Å²) < 4.78 is 5.06. The van der Waals surface area contributed by atoms with Crippen molar-refractivity contribution >= 4 is 11.9 Å². The summed E-state index contributed by atoms with van der Waals surface area (Å²) in [4.78, 5) is 22.8. The Morgan fingerprint density at radius 2 is 1.72 bits per heavy atom. The summed E-state index contributed by atoms with van der Waals surface area (Å²) in [6.45, 7) is 14.6. The minimum Gasteiger partial charge on any atom is -0.460 e. The maximum atomic E-state index is 11.5. The van der Waals surface area contributed by atoms with Gasteiger partial charge in [-0.1, -0.05) is 27.0 Å². The van der Waals surface area contributed by atoms with Crippen molar-refractivity contribution in [3.05, 3.63) is 24.3 Å². The van der Waals surface area contributed by atoms with Gasteiger partial charge in [-0.3, -0.25) is 4.79 Å². The Hall–Kier alpha value is -1.58. The summed E-state index contributed by atoms with van der Waals surface area (Å²) in [6.07, 6.45) is 0.739. The highest BCUT2D eigenvalue weighted by atomic mass is 16.5. The van der Waals surface area contributed by atoms with Crippen LogP contribution in [-0.4, -0.2) is 24.5 Å². The zero-order valence-corrected chi connectivity index (χ0v) is 11.7. The molecule has 0 spiro atoms. The van der Waals surface area contributed by atoms with Crippen LogP contribution in [0.4, 0.5) is 0 Å². The summed E-state index contributed by atoms with van der Waals surface area (Å²) >= 11 is 0. The Bertz CT molecular complexity index is 345. The fourth-order valence-electron chi connectivity index (χ4n) is 1.35. The second-order valence-corrected chi connectivity index (χ2v) is 4.96. The standard InChI is InChI=1S/C14H23NO3/c1-9(2)7-12(15-13(16)10(3)4)8-18-14(17)11(5)6/h9,12H,3,5,7-8H2,1-2,4,6H3,(H,15,16). The molecule has 0 aromatic carbocycles. The Labute approximate surface area is 109 Å². The SMILES string of the molecule is C=C(C)C(=O)NC(COC(=O)C(=C)C)CC(C)C. The highest BCUT2D eigenvalue weighted by Crippen LogP contribution is 2.07. The van der Waals surface area contributed by atoms with Crippen LogP contribution in [0.15, 0.2) is 24.3 Å². The van der Waals surface area contributed by atoms with E-state index in [2.05, 4.69) is 18.5 Å². The summed E-state index contributed by atoms with van der Waals surface area (Å²) in [6, 6.07) is -0.197. The van der Waals surface area contributed by atoms with Gasteiger partial charge in [0.1, 0.15) is 6.61 Å². The zero-order chi connectivity index (χ0) is 14.3. The molecule has 0 fully saturated rings. The quantitative estimate of drug-likeness (QED) is 0.559. The van der Waals surface area contributed by atoms with Crippen molar-refractivity contribution in [1.29, 1.82) is 0 Å². The Morgan fingerprint density at radius 3 is 2.11 bits per heavy atom. The lowest BCUT2D eigenvalue weighted by atomic mass is 10.0. The van der Waals surface area contributed by atoms with E-state index < -0.39 is 5.97 Å². The van der Waals surface area contributed by atoms with E-state index in [4.69, 9.17) is 4.74 Å². The molecule has 1 atom stereocenters. The average Bonchev–Trinajstić information content (AvgIpc) is 2.24. The molecule has 1 unspecified atom stereocenters. The van der Waals surface area contributed by atoms with Crippen molar-refractivity contribution in [2.24, 2.45) is 5.92 Å². The predicted octanol–water partition coefficient (Wildman–Crippen LogP) is 2.21. The van der Waals surface area contributed by atoms with E-state index in [1.807, 2.05) is 13.8 Å². The molecule has 0 aliphatic rings. The number of nitrogens with one attached hydrogen (secondary N) is 1. The molecule has 0 aromatic rings. The number of amides is 1. The van der Waals surface area contributed by atoms with Gasteiger partial charge in [-0.2, -0.15) is 0 Å². The molecule has 18 heavy (non-hydrogen) atoms. The van der Waals surface area contributed by atoms with E-state index in [1.165, 1.54) is 0 Å². The fraction of sp³-hybridized carbons (Fsp3) is 0.571. The maximum absolute atomic E-state index is 11.5. The van der Waals surface area contributed by atoms with Crippen LogP contribution in [0.25, 0.3) is 0 Å². The Kier molecular flexibility index (Phi) is 7.01. The van der Waals surface area contributed by atoms with Crippen LogP contribution in [0, 0.1) is 5.92 Å². The lowest BCUT2D eigenvalue weighted by Gasteiger charge is -2.20. The second kappa shape index (κ2) is 7.69. The molecule has 0 saturated carbocycles. The van der Waals surface area contributed by atoms with E-state index in [-0.39, 0.29) is 18.6 Å². The number of hydrogen-bond donors (Lipinski definition) is 1. The van der Waals surface area contributed by atoms with Crippen molar-refractivity contribution in [3.63, 3.8) is 0 Å². The lowest BCUT2D eigenvalue weighted by Crippen LogP contribution is -2.40. The van der Waals surface area contributed by atoms with Crippen LogP contribution >= 0.6 is 0 Å². The lowest BCUT2D eigenvalue weighted by molar-refractivity contribution is -0.140. The van der Waals surface area contributed by atoms with Gasteiger partial charge in [0.15, 0.2) is 0 Å². The number of ether oxygens (including phenoxy) is 1. The number of hydrogen-bond acceptors (Lipinski definition) is 3. The summed E-state index contributed by atoms with van der Waals surface area (Å²) in [7, 11) is 0. The van der Waals surface area contributed by atoms with Crippen LogP contribution in [0.1, 0.15) is 34.1 Å². The summed E-state index contributed by atoms with van der Waals surface area (Å²) in [5.41, 5.74) is 0.791. The second-order valence-electron chi connectivity index (χ2n) is 4.96. The van der Waals surface area contributed by atoms with Crippen LogP contribution < -0.4 is 5.32 Å². The highest BCUT2D eigenvalue weighted by molar-refractivity contribution is 5.92. The van der Waals surface area contributed by atoms with Crippen LogP contribution in [-0.2, 0) is 14.3 Å². The molecule has 102 valence electrons. The first-order valence-corrected chi connectivity index (χ1v) is 6.03. The monoisotopic (exact) mass is 253 g/mol. The van der Waals surface area contributed by atoms with Crippen molar-refractivity contribution in [2.75, 3.05) is 6.61 Å². The third-order valence-electron chi connectivity index (χ3n) is 2.24. The van der Waals surface area contributed by atoms with Crippen LogP contribution in [0.2, 0.25) is 0 Å². The van der Waals surface area contributed by atoms with Gasteiger partial charge in [0.05, 0.1) is 6.04 Å². The number of carbonyl (C=O) groups is 2. The number of esters is 1. The number of rotatable bonds is 7. The normalized spacial score (nSPS) is 11.8. The largest absolute Gasteiger partial charge is 0.460 e. The molecule has 1 N–H and O–H groups in total. The van der Waals surface area contributed by atoms with E-state index in [0.29, 0.717) is 17.1 Å². The molecule has 0 aromatic heterocycles. The van der Waals surface area contributed by atoms with Crippen molar-refractivity contribution in [1.82, 2.24) is 5.32 Å².